The second-order valence-corrected chi connectivity index (χ2v) is 4.16. The number of hydrogen-bond donors (Lipinski definition) is 1. The Labute approximate surface area is 89.5 Å². The fourth-order valence-corrected chi connectivity index (χ4v) is 2.32. The van der Waals surface area contributed by atoms with Gasteiger partial charge in [0.15, 0.2) is 0 Å². The summed E-state index contributed by atoms with van der Waals surface area (Å²) in [5.74, 6) is 0. The molecular weight excluding hydrogens is 196 g/mol. The largest absolute Gasteiger partial charge is 0.449 e. The van der Waals surface area contributed by atoms with Crippen LogP contribution in [0, 0.1) is 0 Å². The zero-order chi connectivity index (χ0) is 10.7. The van der Waals surface area contributed by atoms with E-state index in [-0.39, 0.29) is 11.6 Å². The Morgan fingerprint density at radius 3 is 2.67 bits per heavy atom. The number of hydrogen-bond acceptors (Lipinski definition) is 4. The monoisotopic (exact) mass is 214 g/mol. The molecule has 2 aliphatic heterocycles. The molecule has 0 bridgehead atoms. The van der Waals surface area contributed by atoms with Crippen LogP contribution in [0.5, 0.6) is 0 Å². The molecule has 2 saturated heterocycles. The Morgan fingerprint density at radius 1 is 1.33 bits per heavy atom. The Hall–Kier alpha value is -0.810. The predicted molar refractivity (Wildman–Crippen MR) is 54.5 cm³/mol. The highest BCUT2D eigenvalue weighted by Crippen LogP contribution is 2.29. The average Bonchev–Trinajstić information content (AvgIpc) is 2.30. The molecule has 2 fully saturated rings. The lowest BCUT2D eigenvalue weighted by Crippen LogP contribution is -2.60. The normalized spacial score (nSPS) is 26.2. The molecule has 2 rings (SSSR count). The van der Waals surface area contributed by atoms with E-state index < -0.39 is 0 Å². The quantitative estimate of drug-likeness (QED) is 0.719. The maximum Gasteiger partial charge on any atom is 0.410 e. The molecule has 0 aromatic carbocycles. The van der Waals surface area contributed by atoms with E-state index in [0.717, 1.165) is 25.8 Å². The van der Waals surface area contributed by atoms with Crippen LogP contribution in [0.25, 0.3) is 0 Å². The first kappa shape index (κ1) is 10.7. The van der Waals surface area contributed by atoms with Crippen LogP contribution in [-0.2, 0) is 9.47 Å². The highest BCUT2D eigenvalue weighted by Gasteiger charge is 2.41. The van der Waals surface area contributed by atoms with E-state index in [1.165, 1.54) is 0 Å². The molecule has 0 aliphatic carbocycles. The minimum Gasteiger partial charge on any atom is -0.449 e. The predicted octanol–water partition coefficient (Wildman–Crippen LogP) is 0.337. The molecule has 0 unspecified atom stereocenters. The molecule has 1 amide bonds. The number of amides is 1. The van der Waals surface area contributed by atoms with Gasteiger partial charge in [-0.1, -0.05) is 0 Å². The number of nitrogens with two attached hydrogens (primary N) is 1. The summed E-state index contributed by atoms with van der Waals surface area (Å²) in [7, 11) is 0. The number of carbonyl (C=O) groups is 1. The van der Waals surface area contributed by atoms with Gasteiger partial charge in [0.25, 0.3) is 0 Å². The van der Waals surface area contributed by atoms with Crippen molar-refractivity contribution in [3.05, 3.63) is 0 Å². The van der Waals surface area contributed by atoms with Gasteiger partial charge in [0, 0.05) is 26.3 Å². The molecule has 2 N–H and O–H groups in total. The fraction of sp³-hybridized carbons (Fsp3) is 0.900. The number of nitrogens with zero attached hydrogens (tertiary/aromatic N) is 1. The standard InChI is InChI=1S/C10H18N2O3/c11-8-10(2-6-14-7-3-10)12-4-1-5-15-9(12)13/h1-8,11H2. The molecular formula is C10H18N2O3. The van der Waals surface area contributed by atoms with Crippen LogP contribution in [0.4, 0.5) is 4.79 Å². The van der Waals surface area contributed by atoms with Crippen molar-refractivity contribution in [2.75, 3.05) is 32.9 Å². The van der Waals surface area contributed by atoms with Gasteiger partial charge in [-0.15, -0.1) is 0 Å². The third-order valence-corrected chi connectivity index (χ3v) is 3.35. The molecule has 86 valence electrons. The van der Waals surface area contributed by atoms with Gasteiger partial charge in [-0.2, -0.15) is 0 Å². The summed E-state index contributed by atoms with van der Waals surface area (Å²) in [5, 5.41) is 0. The summed E-state index contributed by atoms with van der Waals surface area (Å²) in [6.45, 7) is 3.15. The third kappa shape index (κ3) is 1.94. The molecule has 15 heavy (non-hydrogen) atoms. The summed E-state index contributed by atoms with van der Waals surface area (Å²) in [6, 6.07) is 0. The van der Waals surface area contributed by atoms with Crippen LogP contribution in [0.3, 0.4) is 0 Å². The number of carbonyl (C=O) groups excluding carboxylic acids is 1. The zero-order valence-corrected chi connectivity index (χ0v) is 8.91. The summed E-state index contributed by atoms with van der Waals surface area (Å²) < 4.78 is 10.4. The molecule has 2 heterocycles. The van der Waals surface area contributed by atoms with E-state index in [1.807, 2.05) is 0 Å². The Kier molecular flexibility index (Phi) is 3.11. The SMILES string of the molecule is NCC1(N2CCCOC2=O)CCOCC1. The summed E-state index contributed by atoms with van der Waals surface area (Å²) in [5.41, 5.74) is 5.60. The van der Waals surface area contributed by atoms with E-state index >= 15 is 0 Å². The van der Waals surface area contributed by atoms with Gasteiger partial charge in [0.1, 0.15) is 0 Å². The van der Waals surface area contributed by atoms with E-state index in [4.69, 9.17) is 15.2 Å². The molecule has 5 heteroatoms. The minimum absolute atomic E-state index is 0.214. The lowest BCUT2D eigenvalue weighted by molar-refractivity contribution is -0.0371. The fourth-order valence-electron chi connectivity index (χ4n) is 2.32. The Morgan fingerprint density at radius 2 is 2.07 bits per heavy atom. The first-order valence-electron chi connectivity index (χ1n) is 5.51. The average molecular weight is 214 g/mol. The first-order chi connectivity index (χ1) is 7.28. The van der Waals surface area contributed by atoms with E-state index in [1.54, 1.807) is 4.90 Å². The lowest BCUT2D eigenvalue weighted by atomic mass is 9.88. The number of cyclic esters (lactones) is 1. The summed E-state index contributed by atoms with van der Waals surface area (Å²) in [6.07, 6.45) is 2.32. The van der Waals surface area contributed by atoms with Crippen LogP contribution < -0.4 is 5.73 Å². The van der Waals surface area contributed by atoms with Crippen LogP contribution >= 0.6 is 0 Å². The topological polar surface area (TPSA) is 64.8 Å². The Balaban J connectivity index is 2.12. The number of ether oxygens (including phenoxy) is 2. The van der Waals surface area contributed by atoms with E-state index in [0.29, 0.717) is 26.4 Å². The van der Waals surface area contributed by atoms with Gasteiger partial charge >= 0.3 is 6.09 Å². The van der Waals surface area contributed by atoms with Gasteiger partial charge in [-0.25, -0.2) is 4.79 Å². The third-order valence-electron chi connectivity index (χ3n) is 3.35. The van der Waals surface area contributed by atoms with Gasteiger partial charge in [-0.3, -0.25) is 0 Å². The number of rotatable bonds is 2. The molecule has 0 aromatic rings. The van der Waals surface area contributed by atoms with Gasteiger partial charge in [0.2, 0.25) is 0 Å². The first-order valence-corrected chi connectivity index (χ1v) is 5.51. The van der Waals surface area contributed by atoms with Crippen LogP contribution in [0.2, 0.25) is 0 Å². The van der Waals surface area contributed by atoms with Crippen molar-refractivity contribution < 1.29 is 14.3 Å². The molecule has 5 nitrogen and oxygen atoms in total. The lowest BCUT2D eigenvalue weighted by Gasteiger charge is -2.46. The van der Waals surface area contributed by atoms with Gasteiger partial charge in [-0.05, 0) is 19.3 Å². The van der Waals surface area contributed by atoms with Crippen molar-refractivity contribution in [1.29, 1.82) is 0 Å². The maximum atomic E-state index is 11.7. The van der Waals surface area contributed by atoms with E-state index in [9.17, 15) is 4.79 Å². The highest BCUT2D eigenvalue weighted by molar-refractivity contribution is 5.69. The van der Waals surface area contributed by atoms with Crippen LogP contribution in [0.1, 0.15) is 19.3 Å². The minimum atomic E-state index is -0.226. The van der Waals surface area contributed by atoms with Crippen molar-refractivity contribution in [2.45, 2.75) is 24.8 Å². The Bertz CT molecular complexity index is 239. The second kappa shape index (κ2) is 4.37. The molecule has 0 radical (unpaired) electrons. The van der Waals surface area contributed by atoms with Crippen molar-refractivity contribution in [2.24, 2.45) is 5.73 Å². The molecule has 0 atom stereocenters. The molecule has 2 aliphatic rings. The molecule has 0 saturated carbocycles. The van der Waals surface area contributed by atoms with Gasteiger partial charge in [0.05, 0.1) is 12.1 Å². The van der Waals surface area contributed by atoms with Crippen LogP contribution in [-0.4, -0.2) is 49.4 Å². The maximum absolute atomic E-state index is 11.7. The smallest absolute Gasteiger partial charge is 0.410 e. The van der Waals surface area contributed by atoms with Crippen LogP contribution in [0.15, 0.2) is 0 Å². The zero-order valence-electron chi connectivity index (χ0n) is 8.91. The summed E-state index contributed by atoms with van der Waals surface area (Å²) in [4.78, 5) is 13.5. The van der Waals surface area contributed by atoms with Crippen molar-refractivity contribution in [3.63, 3.8) is 0 Å². The summed E-state index contributed by atoms with van der Waals surface area (Å²) >= 11 is 0. The van der Waals surface area contributed by atoms with Gasteiger partial charge < -0.3 is 20.1 Å². The molecule has 0 aromatic heterocycles. The highest BCUT2D eigenvalue weighted by atomic mass is 16.6. The van der Waals surface area contributed by atoms with Crippen molar-refractivity contribution in [1.82, 2.24) is 4.90 Å². The molecule has 0 spiro atoms. The van der Waals surface area contributed by atoms with Crippen molar-refractivity contribution in [3.8, 4) is 0 Å². The van der Waals surface area contributed by atoms with Crippen molar-refractivity contribution >= 4 is 6.09 Å². The second-order valence-electron chi connectivity index (χ2n) is 4.16. The van der Waals surface area contributed by atoms with E-state index in [2.05, 4.69) is 0 Å².